The number of amides is 1. The van der Waals surface area contributed by atoms with Gasteiger partial charge in [-0.25, -0.2) is 0 Å². The van der Waals surface area contributed by atoms with Crippen LogP contribution in [-0.2, 0) is 18.4 Å². The summed E-state index contributed by atoms with van der Waals surface area (Å²) in [6.45, 7) is 0.239. The maximum atomic E-state index is 12.8. The van der Waals surface area contributed by atoms with E-state index >= 15 is 0 Å². The summed E-state index contributed by atoms with van der Waals surface area (Å²) in [6, 6.07) is 8.29. The third kappa shape index (κ3) is 2.35. The summed E-state index contributed by atoms with van der Waals surface area (Å²) in [4.78, 5) is 12.8. The molecule has 4 aliphatic carbocycles. The van der Waals surface area contributed by atoms with Gasteiger partial charge in [0.1, 0.15) is 6.54 Å². The highest BCUT2D eigenvalue weighted by Gasteiger charge is 2.48. The molecule has 1 amide bonds. The standard InChI is InChI=1S/C20H26N4O/c1-23-16-4-2-3-5-17(16)24(20(23)21)11-18(25)22-19-14-7-12-6-13(9-14)10-15(19)8-12/h2-5,12-15,19,21H,6-11H2,1H3,(H,22,25). The van der Waals surface area contributed by atoms with Gasteiger partial charge in [-0.2, -0.15) is 0 Å². The average molecular weight is 338 g/mol. The van der Waals surface area contributed by atoms with Crippen molar-refractivity contribution >= 4 is 16.9 Å². The van der Waals surface area contributed by atoms with Gasteiger partial charge in [-0.1, -0.05) is 12.1 Å². The van der Waals surface area contributed by atoms with Crippen molar-refractivity contribution in [1.29, 1.82) is 5.41 Å². The Morgan fingerprint density at radius 2 is 1.68 bits per heavy atom. The number of nitrogens with zero attached hydrogens (tertiary/aromatic N) is 2. The summed E-state index contributed by atoms with van der Waals surface area (Å²) in [6.07, 6.45) is 6.67. The highest BCUT2D eigenvalue weighted by Crippen LogP contribution is 2.53. The zero-order valence-corrected chi connectivity index (χ0v) is 14.7. The number of para-hydroxylation sites is 2. The van der Waals surface area contributed by atoms with Crippen LogP contribution in [0.1, 0.15) is 32.1 Å². The first kappa shape index (κ1) is 15.2. The molecule has 1 aromatic carbocycles. The Morgan fingerprint density at radius 1 is 1.08 bits per heavy atom. The first-order valence-corrected chi connectivity index (χ1v) is 9.58. The Labute approximate surface area is 147 Å². The van der Waals surface area contributed by atoms with Gasteiger partial charge in [0, 0.05) is 13.1 Å². The first-order valence-electron chi connectivity index (χ1n) is 9.58. The number of aryl methyl sites for hydroxylation is 1. The molecule has 0 spiro atoms. The van der Waals surface area contributed by atoms with Crippen LogP contribution in [0, 0.1) is 29.1 Å². The lowest BCUT2D eigenvalue weighted by Gasteiger charge is -2.54. The topological polar surface area (TPSA) is 62.8 Å². The zero-order valence-electron chi connectivity index (χ0n) is 14.7. The molecule has 4 fully saturated rings. The maximum Gasteiger partial charge on any atom is 0.240 e. The van der Waals surface area contributed by atoms with Crippen molar-refractivity contribution in [3.8, 4) is 0 Å². The minimum Gasteiger partial charge on any atom is -0.351 e. The van der Waals surface area contributed by atoms with Crippen molar-refractivity contribution in [2.75, 3.05) is 0 Å². The van der Waals surface area contributed by atoms with Gasteiger partial charge in [-0.3, -0.25) is 10.2 Å². The molecule has 4 aliphatic rings. The van der Waals surface area contributed by atoms with E-state index in [2.05, 4.69) is 5.32 Å². The number of aromatic nitrogens is 2. The molecule has 0 unspecified atom stereocenters. The third-order valence-corrected chi connectivity index (χ3v) is 6.96. The summed E-state index contributed by atoms with van der Waals surface area (Å²) in [5.41, 5.74) is 2.33. The largest absolute Gasteiger partial charge is 0.351 e. The van der Waals surface area contributed by atoms with Crippen LogP contribution >= 0.6 is 0 Å². The molecule has 2 N–H and O–H groups in total. The number of fused-ring (bicyclic) bond motifs is 1. The van der Waals surface area contributed by atoms with Gasteiger partial charge < -0.3 is 14.5 Å². The van der Waals surface area contributed by atoms with E-state index in [1.54, 1.807) is 0 Å². The van der Waals surface area contributed by atoms with Gasteiger partial charge in [-0.05, 0) is 67.9 Å². The van der Waals surface area contributed by atoms with Crippen LogP contribution in [0.5, 0.6) is 0 Å². The Hall–Kier alpha value is -2.04. The van der Waals surface area contributed by atoms with E-state index in [0.717, 1.165) is 22.9 Å². The summed E-state index contributed by atoms with van der Waals surface area (Å²) < 4.78 is 3.66. The van der Waals surface area contributed by atoms with Crippen molar-refractivity contribution < 1.29 is 4.79 Å². The molecular weight excluding hydrogens is 312 g/mol. The average Bonchev–Trinajstić information content (AvgIpc) is 2.83. The minimum atomic E-state index is 0.0623. The summed E-state index contributed by atoms with van der Waals surface area (Å²) in [7, 11) is 1.89. The molecule has 4 bridgehead atoms. The molecule has 5 heteroatoms. The van der Waals surface area contributed by atoms with Gasteiger partial charge in [0.15, 0.2) is 0 Å². The van der Waals surface area contributed by atoms with Crippen molar-refractivity contribution in [2.24, 2.45) is 30.7 Å². The highest BCUT2D eigenvalue weighted by atomic mass is 16.2. The number of benzene rings is 1. The smallest absolute Gasteiger partial charge is 0.240 e. The number of carbonyl (C=O) groups is 1. The molecule has 0 aliphatic heterocycles. The van der Waals surface area contributed by atoms with Crippen molar-refractivity contribution in [3.63, 3.8) is 0 Å². The molecule has 2 aromatic rings. The predicted molar refractivity (Wildman–Crippen MR) is 95.7 cm³/mol. The Balaban J connectivity index is 1.37. The highest BCUT2D eigenvalue weighted by molar-refractivity contribution is 5.81. The normalized spacial score (nSPS) is 33.1. The molecular formula is C20H26N4O. The zero-order chi connectivity index (χ0) is 17.1. The fourth-order valence-electron chi connectivity index (χ4n) is 6.08. The van der Waals surface area contributed by atoms with E-state index in [0.29, 0.717) is 23.5 Å². The fourth-order valence-corrected chi connectivity index (χ4v) is 6.08. The molecule has 25 heavy (non-hydrogen) atoms. The molecule has 5 nitrogen and oxygen atoms in total. The molecule has 6 rings (SSSR count). The Morgan fingerprint density at radius 3 is 2.32 bits per heavy atom. The molecule has 1 aromatic heterocycles. The minimum absolute atomic E-state index is 0.0623. The van der Waals surface area contributed by atoms with Gasteiger partial charge in [0.25, 0.3) is 0 Å². The quantitative estimate of drug-likeness (QED) is 0.887. The lowest BCUT2D eigenvalue weighted by Crippen LogP contribution is -2.56. The van der Waals surface area contributed by atoms with E-state index in [-0.39, 0.29) is 12.5 Å². The first-order chi connectivity index (χ1) is 12.1. The van der Waals surface area contributed by atoms with Gasteiger partial charge >= 0.3 is 0 Å². The van der Waals surface area contributed by atoms with Crippen molar-refractivity contribution in [1.82, 2.24) is 14.5 Å². The Bertz CT molecular complexity index is 865. The van der Waals surface area contributed by atoms with Crippen LogP contribution in [0.25, 0.3) is 11.0 Å². The van der Waals surface area contributed by atoms with Gasteiger partial charge in [-0.15, -0.1) is 0 Å². The molecule has 132 valence electrons. The second-order valence-electron chi connectivity index (χ2n) is 8.48. The van der Waals surface area contributed by atoms with E-state index in [1.165, 1.54) is 32.1 Å². The summed E-state index contributed by atoms with van der Waals surface area (Å²) in [5, 5.41) is 11.7. The Kier molecular flexibility index (Phi) is 3.34. The molecule has 0 saturated heterocycles. The molecule has 0 atom stereocenters. The van der Waals surface area contributed by atoms with Gasteiger partial charge in [0.2, 0.25) is 11.5 Å². The van der Waals surface area contributed by atoms with E-state index < -0.39 is 0 Å². The second-order valence-corrected chi connectivity index (χ2v) is 8.48. The fraction of sp³-hybridized carbons (Fsp3) is 0.600. The molecule has 4 saturated carbocycles. The lowest BCUT2D eigenvalue weighted by atomic mass is 9.54. The van der Waals surface area contributed by atoms with Crippen LogP contribution in [0.4, 0.5) is 0 Å². The van der Waals surface area contributed by atoms with Crippen molar-refractivity contribution in [3.05, 3.63) is 29.9 Å². The van der Waals surface area contributed by atoms with Crippen molar-refractivity contribution in [2.45, 2.75) is 44.7 Å². The van der Waals surface area contributed by atoms with E-state index in [1.807, 2.05) is 40.4 Å². The number of hydrogen-bond acceptors (Lipinski definition) is 2. The number of rotatable bonds is 3. The monoisotopic (exact) mass is 338 g/mol. The van der Waals surface area contributed by atoms with Crippen LogP contribution in [0.3, 0.4) is 0 Å². The number of carbonyl (C=O) groups excluding carboxylic acids is 1. The maximum absolute atomic E-state index is 12.8. The second kappa shape index (κ2) is 5.48. The van der Waals surface area contributed by atoms with E-state index in [4.69, 9.17) is 5.41 Å². The van der Waals surface area contributed by atoms with E-state index in [9.17, 15) is 4.79 Å². The number of imidazole rings is 1. The molecule has 0 radical (unpaired) electrons. The van der Waals surface area contributed by atoms with Gasteiger partial charge in [0.05, 0.1) is 11.0 Å². The van der Waals surface area contributed by atoms with Crippen LogP contribution in [-0.4, -0.2) is 21.1 Å². The number of hydrogen-bond donors (Lipinski definition) is 2. The summed E-state index contributed by atoms with van der Waals surface area (Å²) in [5.74, 6) is 3.28. The van der Waals surface area contributed by atoms with Crippen LogP contribution in [0.2, 0.25) is 0 Å². The lowest BCUT2D eigenvalue weighted by molar-refractivity contribution is -0.125. The third-order valence-electron chi connectivity index (χ3n) is 6.96. The SMILES string of the molecule is Cn1c(=N)n(CC(=O)NC2C3CC4CC(C3)CC2C4)c2ccccc21. The predicted octanol–water partition coefficient (Wildman–Crippen LogP) is 2.40. The number of nitrogens with one attached hydrogen (secondary N) is 2. The van der Waals surface area contributed by atoms with Crippen LogP contribution < -0.4 is 10.9 Å². The molecule has 1 heterocycles. The van der Waals surface area contributed by atoms with Crippen LogP contribution in [0.15, 0.2) is 24.3 Å². The summed E-state index contributed by atoms with van der Waals surface area (Å²) >= 11 is 0.